The Morgan fingerprint density at radius 3 is 2.77 bits per heavy atom. The number of carbonyl (C=O) groups is 2. The van der Waals surface area contributed by atoms with E-state index in [0.29, 0.717) is 18.0 Å². The van der Waals surface area contributed by atoms with E-state index in [1.54, 1.807) is 38.4 Å². The molecule has 0 spiro atoms. The minimum absolute atomic E-state index is 0.160. The predicted octanol–water partition coefficient (Wildman–Crippen LogP) is 1.21. The third-order valence-electron chi connectivity index (χ3n) is 2.84. The summed E-state index contributed by atoms with van der Waals surface area (Å²) in [5.41, 5.74) is 1.50. The summed E-state index contributed by atoms with van der Waals surface area (Å²) in [6, 6.07) is 8.79. The fraction of sp³-hybridized carbons (Fsp3) is 0.267. The number of likely N-dealkylation sites (N-methyl/N-ethyl adjacent to an activating group) is 1. The van der Waals surface area contributed by atoms with Gasteiger partial charge in [-0.25, -0.2) is 9.48 Å². The van der Waals surface area contributed by atoms with E-state index in [-0.39, 0.29) is 18.1 Å². The lowest BCUT2D eigenvalue weighted by atomic mass is 10.2. The molecule has 1 aromatic heterocycles. The molecule has 0 saturated carbocycles. The highest BCUT2D eigenvalue weighted by Gasteiger charge is 2.13. The van der Waals surface area contributed by atoms with Gasteiger partial charge in [0, 0.05) is 6.20 Å². The van der Waals surface area contributed by atoms with Crippen molar-refractivity contribution in [3.05, 3.63) is 42.2 Å². The van der Waals surface area contributed by atoms with Crippen LogP contribution < -0.4 is 10.6 Å². The second-order valence-corrected chi connectivity index (χ2v) is 4.46. The molecule has 7 heteroatoms. The molecular formula is C15H18N4O3. The number of anilines is 1. The molecule has 116 valence electrons. The summed E-state index contributed by atoms with van der Waals surface area (Å²) < 4.78 is 6.44. The summed E-state index contributed by atoms with van der Waals surface area (Å²) >= 11 is 0. The molecule has 1 aromatic carbocycles. The largest absolute Gasteiger partial charge is 0.461 e. The first-order valence-corrected chi connectivity index (χ1v) is 6.92. The average molecular weight is 302 g/mol. The lowest BCUT2D eigenvalue weighted by Crippen LogP contribution is -2.25. The van der Waals surface area contributed by atoms with E-state index in [4.69, 9.17) is 4.74 Å². The molecule has 0 aliphatic rings. The average Bonchev–Trinajstić information content (AvgIpc) is 2.98. The molecular weight excluding hydrogens is 284 g/mol. The third-order valence-corrected chi connectivity index (χ3v) is 2.84. The number of esters is 1. The first-order chi connectivity index (χ1) is 10.7. The molecule has 0 aliphatic heterocycles. The van der Waals surface area contributed by atoms with Crippen molar-refractivity contribution < 1.29 is 14.3 Å². The Labute approximate surface area is 128 Å². The molecule has 22 heavy (non-hydrogen) atoms. The number of rotatable bonds is 6. The maximum Gasteiger partial charge on any atom is 0.358 e. The number of aromatic nitrogens is 2. The topological polar surface area (TPSA) is 85.2 Å². The third kappa shape index (κ3) is 3.70. The lowest BCUT2D eigenvalue weighted by molar-refractivity contribution is -0.115. The van der Waals surface area contributed by atoms with E-state index in [1.807, 2.05) is 12.1 Å². The van der Waals surface area contributed by atoms with Crippen molar-refractivity contribution in [1.29, 1.82) is 0 Å². The Bertz CT molecular complexity index is 666. The Hall–Kier alpha value is -2.67. The van der Waals surface area contributed by atoms with Crippen LogP contribution in [-0.2, 0) is 9.53 Å². The zero-order valence-electron chi connectivity index (χ0n) is 12.5. The second-order valence-electron chi connectivity index (χ2n) is 4.46. The number of nitrogens with one attached hydrogen (secondary N) is 2. The molecule has 0 bridgehead atoms. The SMILES string of the molecule is CCOC(=O)c1ccn(-c2ccccc2NC(=O)CNC)n1. The van der Waals surface area contributed by atoms with Gasteiger partial charge in [0.15, 0.2) is 5.69 Å². The van der Waals surface area contributed by atoms with Crippen LogP contribution in [0.1, 0.15) is 17.4 Å². The van der Waals surface area contributed by atoms with Crippen LogP contribution in [0, 0.1) is 0 Å². The number of hydrogen-bond acceptors (Lipinski definition) is 5. The standard InChI is InChI=1S/C15H18N4O3/c1-3-22-15(21)12-8-9-19(18-12)13-7-5-4-6-11(13)17-14(20)10-16-2/h4-9,16H,3,10H2,1-2H3,(H,17,20). The molecule has 1 amide bonds. The van der Waals surface area contributed by atoms with Crippen molar-refractivity contribution >= 4 is 17.6 Å². The Morgan fingerprint density at radius 1 is 1.27 bits per heavy atom. The number of nitrogens with zero attached hydrogens (tertiary/aromatic N) is 2. The smallest absolute Gasteiger partial charge is 0.358 e. The molecule has 2 rings (SSSR count). The summed E-state index contributed by atoms with van der Waals surface area (Å²) in [5, 5.41) is 9.77. The molecule has 0 saturated heterocycles. The minimum atomic E-state index is -0.474. The molecule has 2 aromatic rings. The van der Waals surface area contributed by atoms with Crippen molar-refractivity contribution in [3.63, 3.8) is 0 Å². The van der Waals surface area contributed by atoms with Gasteiger partial charge in [-0.15, -0.1) is 0 Å². The molecule has 0 fully saturated rings. The number of benzene rings is 1. The van der Waals surface area contributed by atoms with Crippen molar-refractivity contribution in [2.75, 3.05) is 25.5 Å². The Morgan fingerprint density at radius 2 is 2.05 bits per heavy atom. The van der Waals surface area contributed by atoms with Crippen molar-refractivity contribution in [3.8, 4) is 5.69 Å². The van der Waals surface area contributed by atoms with Crippen LogP contribution in [0.4, 0.5) is 5.69 Å². The molecule has 0 unspecified atom stereocenters. The summed E-state index contributed by atoms with van der Waals surface area (Å²) in [7, 11) is 1.70. The quantitative estimate of drug-likeness (QED) is 0.783. The van der Waals surface area contributed by atoms with Crippen LogP contribution in [0.2, 0.25) is 0 Å². The molecule has 0 atom stereocenters. The van der Waals surface area contributed by atoms with Gasteiger partial charge in [0.25, 0.3) is 0 Å². The van der Waals surface area contributed by atoms with E-state index >= 15 is 0 Å². The van der Waals surface area contributed by atoms with Crippen LogP contribution in [0.5, 0.6) is 0 Å². The second kappa shape index (κ2) is 7.37. The molecule has 0 radical (unpaired) electrons. The monoisotopic (exact) mass is 302 g/mol. The van der Waals surface area contributed by atoms with E-state index in [0.717, 1.165) is 0 Å². The first-order valence-electron chi connectivity index (χ1n) is 6.92. The normalized spacial score (nSPS) is 10.3. The van der Waals surface area contributed by atoms with Crippen molar-refractivity contribution in [1.82, 2.24) is 15.1 Å². The number of para-hydroxylation sites is 2. The summed E-state index contributed by atoms with van der Waals surface area (Å²) in [6.07, 6.45) is 1.65. The van der Waals surface area contributed by atoms with E-state index in [9.17, 15) is 9.59 Å². The van der Waals surface area contributed by atoms with Crippen LogP contribution in [-0.4, -0.2) is 41.9 Å². The first kappa shape index (κ1) is 15.7. The van der Waals surface area contributed by atoms with E-state index < -0.39 is 5.97 Å². The molecule has 7 nitrogen and oxygen atoms in total. The molecule has 1 heterocycles. The van der Waals surface area contributed by atoms with Gasteiger partial charge in [-0.05, 0) is 32.2 Å². The van der Waals surface area contributed by atoms with Gasteiger partial charge in [-0.3, -0.25) is 4.79 Å². The van der Waals surface area contributed by atoms with Crippen LogP contribution in [0.3, 0.4) is 0 Å². The van der Waals surface area contributed by atoms with Gasteiger partial charge in [-0.1, -0.05) is 12.1 Å². The molecule has 2 N–H and O–H groups in total. The van der Waals surface area contributed by atoms with Crippen molar-refractivity contribution in [2.45, 2.75) is 6.92 Å². The van der Waals surface area contributed by atoms with Gasteiger partial charge < -0.3 is 15.4 Å². The number of hydrogen-bond donors (Lipinski definition) is 2. The maximum absolute atomic E-state index is 11.7. The Kier molecular flexibility index (Phi) is 5.26. The fourth-order valence-corrected chi connectivity index (χ4v) is 1.91. The summed E-state index contributed by atoms with van der Waals surface area (Å²) in [6.45, 7) is 2.24. The lowest BCUT2D eigenvalue weighted by Gasteiger charge is -2.10. The zero-order valence-corrected chi connectivity index (χ0v) is 12.5. The fourth-order valence-electron chi connectivity index (χ4n) is 1.91. The number of amides is 1. The van der Waals surface area contributed by atoms with Crippen LogP contribution in [0.25, 0.3) is 5.69 Å². The zero-order chi connectivity index (χ0) is 15.9. The highest BCUT2D eigenvalue weighted by Crippen LogP contribution is 2.19. The molecule has 0 aliphatic carbocycles. The van der Waals surface area contributed by atoms with Gasteiger partial charge >= 0.3 is 5.97 Å². The van der Waals surface area contributed by atoms with E-state index in [1.165, 1.54) is 4.68 Å². The van der Waals surface area contributed by atoms with Gasteiger partial charge in [0.2, 0.25) is 5.91 Å². The van der Waals surface area contributed by atoms with Crippen LogP contribution >= 0.6 is 0 Å². The highest BCUT2D eigenvalue weighted by atomic mass is 16.5. The summed E-state index contributed by atoms with van der Waals surface area (Å²) in [4.78, 5) is 23.4. The Balaban J connectivity index is 2.25. The van der Waals surface area contributed by atoms with Crippen LogP contribution in [0.15, 0.2) is 36.5 Å². The minimum Gasteiger partial charge on any atom is -0.461 e. The predicted molar refractivity (Wildman–Crippen MR) is 82.1 cm³/mol. The van der Waals surface area contributed by atoms with Crippen molar-refractivity contribution in [2.24, 2.45) is 0 Å². The maximum atomic E-state index is 11.7. The number of ether oxygens (including phenoxy) is 1. The number of carbonyl (C=O) groups excluding carboxylic acids is 2. The van der Waals surface area contributed by atoms with Gasteiger partial charge in [0.1, 0.15) is 0 Å². The van der Waals surface area contributed by atoms with E-state index in [2.05, 4.69) is 15.7 Å². The summed E-state index contributed by atoms with van der Waals surface area (Å²) in [5.74, 6) is -0.634. The van der Waals surface area contributed by atoms with Gasteiger partial charge in [0.05, 0.1) is 24.5 Å². The van der Waals surface area contributed by atoms with Gasteiger partial charge in [-0.2, -0.15) is 5.10 Å². The highest BCUT2D eigenvalue weighted by molar-refractivity contribution is 5.94.